The Hall–Kier alpha value is -3.60. The number of aliphatic hydroxyl groups is 2. The highest BCUT2D eigenvalue weighted by Gasteiger charge is 2.20. The molecule has 4 nitrogen and oxygen atoms in total. The molecule has 0 heterocycles. The Balaban J connectivity index is 1.61. The molecule has 0 aliphatic carbocycles. The van der Waals surface area contributed by atoms with Crippen molar-refractivity contribution in [2.45, 2.75) is 65.0 Å². The Morgan fingerprint density at radius 2 is 1.03 bits per heavy atom. The van der Waals surface area contributed by atoms with Crippen molar-refractivity contribution in [2.75, 3.05) is 0 Å². The summed E-state index contributed by atoms with van der Waals surface area (Å²) in [6, 6.07) is 30.9. The van der Waals surface area contributed by atoms with Crippen LogP contribution in [0.15, 0.2) is 97.1 Å². The van der Waals surface area contributed by atoms with E-state index in [1.54, 1.807) is 0 Å². The third-order valence-electron chi connectivity index (χ3n) is 5.97. The number of rotatable bonds is 7. The van der Waals surface area contributed by atoms with Crippen LogP contribution in [0.25, 0.3) is 11.1 Å². The second-order valence-corrected chi connectivity index (χ2v) is 11.6. The van der Waals surface area contributed by atoms with Crippen LogP contribution in [-0.4, -0.2) is 21.4 Å². The van der Waals surface area contributed by atoms with Gasteiger partial charge in [-0.1, -0.05) is 66.7 Å². The second kappa shape index (κ2) is 11.0. The van der Waals surface area contributed by atoms with Gasteiger partial charge in [0.05, 0.1) is 0 Å². The van der Waals surface area contributed by atoms with Crippen LogP contribution in [0.1, 0.15) is 76.0 Å². The van der Waals surface area contributed by atoms with Crippen molar-refractivity contribution in [1.82, 2.24) is 0 Å². The van der Waals surface area contributed by atoms with Crippen LogP contribution in [0.3, 0.4) is 0 Å². The smallest absolute Gasteiger partial charge is 0.126 e. The number of hydrogen-bond donors (Lipinski definition) is 2. The predicted molar refractivity (Wildman–Crippen MR) is 154 cm³/mol. The van der Waals surface area contributed by atoms with Gasteiger partial charge in [-0.25, -0.2) is 0 Å². The fraction of sp³-hybridized carbons (Fsp3) is 0.294. The fourth-order valence-electron chi connectivity index (χ4n) is 4.38. The number of aliphatic hydroxyl groups excluding tert-OH is 2. The lowest BCUT2D eigenvalue weighted by Crippen LogP contribution is -2.24. The fourth-order valence-corrected chi connectivity index (χ4v) is 4.38. The quantitative estimate of drug-likeness (QED) is 0.266. The van der Waals surface area contributed by atoms with E-state index < -0.39 is 12.2 Å². The van der Waals surface area contributed by atoms with Gasteiger partial charge in [-0.05, 0) is 99.7 Å². The van der Waals surface area contributed by atoms with E-state index in [1.165, 1.54) is 0 Å². The Morgan fingerprint density at radius 3 is 1.61 bits per heavy atom. The molecule has 0 aromatic heterocycles. The molecular weight excluding hydrogens is 472 g/mol. The summed E-state index contributed by atoms with van der Waals surface area (Å²) in [5.41, 5.74) is 4.25. The first kappa shape index (κ1) is 27.4. The van der Waals surface area contributed by atoms with Gasteiger partial charge in [-0.2, -0.15) is 0 Å². The van der Waals surface area contributed by atoms with E-state index >= 15 is 0 Å². The maximum Gasteiger partial charge on any atom is 0.126 e. The van der Waals surface area contributed by atoms with Crippen LogP contribution < -0.4 is 9.47 Å². The van der Waals surface area contributed by atoms with Gasteiger partial charge < -0.3 is 19.7 Å². The van der Waals surface area contributed by atoms with E-state index in [0.717, 1.165) is 39.1 Å². The molecule has 4 aromatic rings. The number of benzene rings is 4. The van der Waals surface area contributed by atoms with Crippen molar-refractivity contribution in [1.29, 1.82) is 0 Å². The Labute approximate surface area is 226 Å². The number of ether oxygens (including phenoxy) is 2. The van der Waals surface area contributed by atoms with Crippen LogP contribution in [0.5, 0.6) is 11.5 Å². The van der Waals surface area contributed by atoms with Crippen LogP contribution >= 0.6 is 0 Å². The molecular formula is C34H38O4. The maximum atomic E-state index is 11.3. The molecule has 0 amide bonds. The molecule has 0 saturated carbocycles. The largest absolute Gasteiger partial charge is 0.488 e. The Bertz CT molecular complexity index is 1380. The lowest BCUT2D eigenvalue weighted by Gasteiger charge is -2.25. The van der Waals surface area contributed by atoms with Gasteiger partial charge in [0.25, 0.3) is 0 Å². The van der Waals surface area contributed by atoms with Gasteiger partial charge in [0.1, 0.15) is 34.9 Å². The van der Waals surface area contributed by atoms with Gasteiger partial charge in [-0.15, -0.1) is 0 Å². The lowest BCUT2D eigenvalue weighted by atomic mass is 9.94. The third kappa shape index (κ3) is 7.03. The summed E-state index contributed by atoms with van der Waals surface area (Å²) < 4.78 is 12.1. The molecule has 2 N–H and O–H groups in total. The van der Waals surface area contributed by atoms with Crippen molar-refractivity contribution in [3.05, 3.63) is 119 Å². The van der Waals surface area contributed by atoms with E-state index in [-0.39, 0.29) is 11.2 Å². The molecule has 0 bridgehead atoms. The summed E-state index contributed by atoms with van der Waals surface area (Å²) in [6.07, 6.45) is -1.64. The lowest BCUT2D eigenvalue weighted by molar-refractivity contribution is 0.123. The summed E-state index contributed by atoms with van der Waals surface area (Å²) in [4.78, 5) is 0. The molecule has 198 valence electrons. The highest BCUT2D eigenvalue weighted by molar-refractivity contribution is 5.66. The van der Waals surface area contributed by atoms with Crippen LogP contribution in [0.4, 0.5) is 0 Å². The first-order valence-corrected chi connectivity index (χ1v) is 13.0. The molecule has 4 rings (SSSR count). The minimum atomic E-state index is -0.840. The van der Waals surface area contributed by atoms with E-state index in [9.17, 15) is 10.2 Å². The first-order chi connectivity index (χ1) is 17.9. The monoisotopic (exact) mass is 510 g/mol. The average molecular weight is 511 g/mol. The van der Waals surface area contributed by atoms with E-state index in [4.69, 9.17) is 9.47 Å². The van der Waals surface area contributed by atoms with Gasteiger partial charge in [0.2, 0.25) is 0 Å². The zero-order valence-corrected chi connectivity index (χ0v) is 23.1. The van der Waals surface area contributed by atoms with Crippen molar-refractivity contribution < 1.29 is 19.7 Å². The molecule has 0 fully saturated rings. The molecule has 0 aliphatic rings. The summed E-state index contributed by atoms with van der Waals surface area (Å²) in [6.45, 7) is 12.0. The van der Waals surface area contributed by atoms with Crippen LogP contribution in [0.2, 0.25) is 0 Å². The molecule has 4 aromatic carbocycles. The van der Waals surface area contributed by atoms with E-state index in [2.05, 4.69) is 0 Å². The molecule has 0 radical (unpaired) electrons. The van der Waals surface area contributed by atoms with Gasteiger partial charge in [0.15, 0.2) is 0 Å². The number of para-hydroxylation sites is 1. The van der Waals surface area contributed by atoms with E-state index in [0.29, 0.717) is 5.75 Å². The minimum absolute atomic E-state index is 0.321. The summed E-state index contributed by atoms with van der Waals surface area (Å²) in [7, 11) is 0. The highest BCUT2D eigenvalue weighted by Crippen LogP contribution is 2.35. The Kier molecular flexibility index (Phi) is 7.96. The van der Waals surface area contributed by atoms with Gasteiger partial charge in [-0.3, -0.25) is 0 Å². The van der Waals surface area contributed by atoms with Crippen molar-refractivity contribution in [3.8, 4) is 22.6 Å². The maximum absolute atomic E-state index is 11.3. The Morgan fingerprint density at radius 1 is 0.526 bits per heavy atom. The topological polar surface area (TPSA) is 58.9 Å². The molecule has 0 aliphatic heterocycles. The van der Waals surface area contributed by atoms with Gasteiger partial charge >= 0.3 is 0 Å². The molecule has 0 saturated heterocycles. The molecule has 38 heavy (non-hydrogen) atoms. The normalized spacial score (nSPS) is 13.6. The van der Waals surface area contributed by atoms with Gasteiger partial charge in [0, 0.05) is 5.56 Å². The molecule has 2 unspecified atom stereocenters. The standard InChI is InChI=1S/C34H38O4/c1-33(2,3)37-28-17-11-16-27(22-28)31(35)25-14-9-12-23(20-25)24-13-10-15-26(21-24)32(36)29-18-7-8-19-30(29)38-34(4,5)6/h7-22,31-32,35-36H,1-6H3. The van der Waals surface area contributed by atoms with Crippen molar-refractivity contribution in [3.63, 3.8) is 0 Å². The zero-order valence-electron chi connectivity index (χ0n) is 23.1. The SMILES string of the molecule is CC(C)(C)Oc1cccc(C(O)c2cccc(-c3cccc(C(O)c4ccccc4OC(C)(C)C)c3)c2)c1. The number of hydrogen-bond acceptors (Lipinski definition) is 4. The van der Waals surface area contributed by atoms with E-state index in [1.807, 2.05) is 139 Å². The molecule has 4 heteroatoms. The minimum Gasteiger partial charge on any atom is -0.488 e. The zero-order chi connectivity index (χ0) is 27.5. The average Bonchev–Trinajstić information content (AvgIpc) is 2.86. The summed E-state index contributed by atoms with van der Waals surface area (Å²) in [5.74, 6) is 1.39. The summed E-state index contributed by atoms with van der Waals surface area (Å²) in [5, 5.41) is 22.5. The first-order valence-electron chi connectivity index (χ1n) is 13.0. The molecule has 0 spiro atoms. The van der Waals surface area contributed by atoms with Crippen LogP contribution in [-0.2, 0) is 0 Å². The van der Waals surface area contributed by atoms with Crippen molar-refractivity contribution >= 4 is 0 Å². The highest BCUT2D eigenvalue weighted by atomic mass is 16.5. The third-order valence-corrected chi connectivity index (χ3v) is 5.97. The second-order valence-electron chi connectivity index (χ2n) is 11.6. The predicted octanol–water partition coefficient (Wildman–Crippen LogP) is 7.87. The molecule has 2 atom stereocenters. The van der Waals surface area contributed by atoms with Crippen LogP contribution in [0, 0.1) is 0 Å². The van der Waals surface area contributed by atoms with Crippen molar-refractivity contribution in [2.24, 2.45) is 0 Å². The summed E-state index contributed by atoms with van der Waals surface area (Å²) >= 11 is 0.